The van der Waals surface area contributed by atoms with Crippen molar-refractivity contribution >= 4 is 41.7 Å². The van der Waals surface area contributed by atoms with E-state index in [4.69, 9.17) is 4.74 Å². The third-order valence-corrected chi connectivity index (χ3v) is 4.51. The molecule has 0 amide bonds. The highest BCUT2D eigenvalue weighted by Crippen LogP contribution is 2.21. The fourth-order valence-electron chi connectivity index (χ4n) is 2.40. The van der Waals surface area contributed by atoms with E-state index in [2.05, 4.69) is 52.0 Å². The lowest BCUT2D eigenvalue weighted by atomic mass is 10.1. The number of guanidine groups is 1. The summed E-state index contributed by atoms with van der Waals surface area (Å²) in [4.78, 5) is 9.85. The molecular formula is C19H27IN4OS. The highest BCUT2D eigenvalue weighted by atomic mass is 127. The minimum Gasteiger partial charge on any atom is -0.478 e. The van der Waals surface area contributed by atoms with Crippen LogP contribution in [0.5, 0.6) is 5.88 Å². The zero-order valence-electron chi connectivity index (χ0n) is 15.7. The van der Waals surface area contributed by atoms with Crippen LogP contribution in [0.3, 0.4) is 0 Å². The molecular weight excluding hydrogens is 459 g/mol. The van der Waals surface area contributed by atoms with E-state index < -0.39 is 0 Å². The molecule has 0 radical (unpaired) electrons. The number of aryl methyl sites for hydroxylation is 1. The maximum Gasteiger partial charge on any atom is 0.218 e. The summed E-state index contributed by atoms with van der Waals surface area (Å²) in [7, 11) is 1.77. The lowest BCUT2D eigenvalue weighted by Crippen LogP contribution is -2.36. The molecule has 0 aliphatic heterocycles. The van der Waals surface area contributed by atoms with E-state index in [1.54, 1.807) is 25.0 Å². The molecule has 0 saturated heterocycles. The van der Waals surface area contributed by atoms with Crippen molar-refractivity contribution in [2.24, 2.45) is 4.99 Å². The van der Waals surface area contributed by atoms with Gasteiger partial charge in [-0.15, -0.1) is 35.7 Å². The molecule has 7 heteroatoms. The number of aliphatic imine (C=N–C) groups is 1. The summed E-state index contributed by atoms with van der Waals surface area (Å²) in [6.07, 6.45) is 3.84. The Morgan fingerprint density at radius 1 is 1.19 bits per heavy atom. The molecule has 1 aromatic heterocycles. The largest absolute Gasteiger partial charge is 0.478 e. The molecule has 0 saturated carbocycles. The van der Waals surface area contributed by atoms with Gasteiger partial charge in [0.25, 0.3) is 0 Å². The maximum absolute atomic E-state index is 5.56. The second-order valence-electron chi connectivity index (χ2n) is 5.50. The summed E-state index contributed by atoms with van der Waals surface area (Å²) < 4.78 is 5.56. The Balaban J connectivity index is 0.00000338. The van der Waals surface area contributed by atoms with Crippen molar-refractivity contribution in [3.63, 3.8) is 0 Å². The average Bonchev–Trinajstić information content (AvgIpc) is 2.64. The Morgan fingerprint density at radius 2 is 1.92 bits per heavy atom. The number of nitrogens with one attached hydrogen (secondary N) is 2. The first kappa shape index (κ1) is 22.6. The van der Waals surface area contributed by atoms with Gasteiger partial charge in [-0.1, -0.05) is 18.2 Å². The van der Waals surface area contributed by atoms with Crippen molar-refractivity contribution in [2.45, 2.75) is 31.8 Å². The molecule has 0 atom stereocenters. The fourth-order valence-corrected chi connectivity index (χ4v) is 3.11. The van der Waals surface area contributed by atoms with Gasteiger partial charge in [0.1, 0.15) is 0 Å². The normalized spacial score (nSPS) is 10.8. The van der Waals surface area contributed by atoms with Crippen LogP contribution in [-0.2, 0) is 13.1 Å². The predicted molar refractivity (Wildman–Crippen MR) is 121 cm³/mol. The Hall–Kier alpha value is -1.48. The van der Waals surface area contributed by atoms with Gasteiger partial charge in [-0.05, 0) is 43.4 Å². The molecule has 0 aliphatic rings. The summed E-state index contributed by atoms with van der Waals surface area (Å²) in [6.45, 7) is 5.99. The number of ether oxygens (including phenoxy) is 1. The molecule has 0 fully saturated rings. The molecule has 0 spiro atoms. The monoisotopic (exact) mass is 486 g/mol. The number of thioether (sulfide) groups is 1. The number of hydrogen-bond donors (Lipinski definition) is 2. The number of halogens is 1. The Bertz CT molecular complexity index is 724. The SMILES string of the molecule is CCOc1ncccc1CNC(=NC)NCc1ccc(C)cc1SC.I. The fraction of sp³-hybridized carbons (Fsp3) is 0.368. The highest BCUT2D eigenvalue weighted by Gasteiger charge is 2.07. The van der Waals surface area contributed by atoms with Crippen molar-refractivity contribution in [1.29, 1.82) is 0 Å². The van der Waals surface area contributed by atoms with Gasteiger partial charge in [0.2, 0.25) is 5.88 Å². The number of nitrogens with zero attached hydrogens (tertiary/aromatic N) is 2. The number of benzene rings is 1. The topological polar surface area (TPSA) is 58.5 Å². The third-order valence-electron chi connectivity index (χ3n) is 3.69. The predicted octanol–water partition coefficient (Wildman–Crippen LogP) is 3.99. The van der Waals surface area contributed by atoms with Crippen molar-refractivity contribution in [2.75, 3.05) is 19.9 Å². The molecule has 5 nitrogen and oxygen atoms in total. The molecule has 0 bridgehead atoms. The van der Waals surface area contributed by atoms with Gasteiger partial charge in [0.15, 0.2) is 5.96 Å². The van der Waals surface area contributed by atoms with Crippen LogP contribution in [0.2, 0.25) is 0 Å². The smallest absolute Gasteiger partial charge is 0.218 e. The second kappa shape index (κ2) is 12.0. The van der Waals surface area contributed by atoms with Crippen LogP contribution in [-0.4, -0.2) is 30.9 Å². The van der Waals surface area contributed by atoms with Crippen molar-refractivity contribution < 1.29 is 4.74 Å². The lowest BCUT2D eigenvalue weighted by Gasteiger charge is -2.15. The zero-order valence-corrected chi connectivity index (χ0v) is 18.9. The van der Waals surface area contributed by atoms with Gasteiger partial charge in [-0.25, -0.2) is 4.98 Å². The van der Waals surface area contributed by atoms with Crippen LogP contribution in [0.15, 0.2) is 46.4 Å². The molecule has 1 heterocycles. The highest BCUT2D eigenvalue weighted by molar-refractivity contribution is 14.0. The maximum atomic E-state index is 5.56. The summed E-state index contributed by atoms with van der Waals surface area (Å²) in [5, 5.41) is 6.68. The molecule has 0 aliphatic carbocycles. The minimum atomic E-state index is 0. The summed E-state index contributed by atoms with van der Waals surface area (Å²) in [5.41, 5.74) is 3.54. The Kier molecular flexibility index (Phi) is 10.4. The van der Waals surface area contributed by atoms with Gasteiger partial charge >= 0.3 is 0 Å². The van der Waals surface area contributed by atoms with Crippen LogP contribution in [0, 0.1) is 6.92 Å². The molecule has 2 aromatic rings. The number of aromatic nitrogens is 1. The van der Waals surface area contributed by atoms with Crippen LogP contribution >= 0.6 is 35.7 Å². The summed E-state index contributed by atoms with van der Waals surface area (Å²) in [5.74, 6) is 1.41. The summed E-state index contributed by atoms with van der Waals surface area (Å²) >= 11 is 1.76. The van der Waals surface area contributed by atoms with E-state index >= 15 is 0 Å². The summed E-state index contributed by atoms with van der Waals surface area (Å²) in [6, 6.07) is 10.4. The lowest BCUT2D eigenvalue weighted by molar-refractivity contribution is 0.322. The zero-order chi connectivity index (χ0) is 18.1. The molecule has 2 N–H and O–H groups in total. The van der Waals surface area contributed by atoms with Gasteiger partial charge in [-0.2, -0.15) is 0 Å². The molecule has 142 valence electrons. The van der Waals surface area contributed by atoms with Crippen LogP contribution < -0.4 is 15.4 Å². The second-order valence-corrected chi connectivity index (χ2v) is 6.34. The average molecular weight is 486 g/mol. The van der Waals surface area contributed by atoms with E-state index in [9.17, 15) is 0 Å². The molecule has 0 unspecified atom stereocenters. The van der Waals surface area contributed by atoms with Gasteiger partial charge in [-0.3, -0.25) is 4.99 Å². The van der Waals surface area contributed by atoms with E-state index in [0.717, 1.165) is 18.1 Å². The van der Waals surface area contributed by atoms with Crippen molar-refractivity contribution in [1.82, 2.24) is 15.6 Å². The van der Waals surface area contributed by atoms with Gasteiger partial charge < -0.3 is 15.4 Å². The van der Waals surface area contributed by atoms with Crippen molar-refractivity contribution in [3.05, 3.63) is 53.2 Å². The minimum absolute atomic E-state index is 0. The van der Waals surface area contributed by atoms with Gasteiger partial charge in [0.05, 0.1) is 6.61 Å². The van der Waals surface area contributed by atoms with Crippen LogP contribution in [0.1, 0.15) is 23.6 Å². The third kappa shape index (κ3) is 6.68. The first-order valence-corrected chi connectivity index (χ1v) is 9.55. The van der Waals surface area contributed by atoms with E-state index in [1.807, 2.05) is 19.1 Å². The number of hydrogen-bond acceptors (Lipinski definition) is 4. The van der Waals surface area contributed by atoms with E-state index in [1.165, 1.54) is 16.0 Å². The van der Waals surface area contributed by atoms with E-state index in [-0.39, 0.29) is 24.0 Å². The number of pyridine rings is 1. The first-order valence-electron chi connectivity index (χ1n) is 8.32. The van der Waals surface area contributed by atoms with Crippen LogP contribution in [0.4, 0.5) is 0 Å². The molecule has 1 aromatic carbocycles. The quantitative estimate of drug-likeness (QED) is 0.268. The Morgan fingerprint density at radius 3 is 2.58 bits per heavy atom. The van der Waals surface area contributed by atoms with Crippen molar-refractivity contribution in [3.8, 4) is 5.88 Å². The van der Waals surface area contributed by atoms with Gasteiger partial charge in [0, 0.05) is 36.8 Å². The van der Waals surface area contributed by atoms with E-state index in [0.29, 0.717) is 19.0 Å². The standard InChI is InChI=1S/C19H26N4OS.HI/c1-5-24-18-16(7-6-10-21-18)13-23-19(20-3)22-12-15-9-8-14(2)11-17(15)25-4;/h6-11H,5,12-13H2,1-4H3,(H2,20,22,23);1H. The first-order chi connectivity index (χ1) is 12.2. The molecule has 26 heavy (non-hydrogen) atoms. The Labute approximate surface area is 177 Å². The number of rotatable bonds is 7. The molecule has 2 rings (SSSR count). The van der Waals surface area contributed by atoms with Crippen LogP contribution in [0.25, 0.3) is 0 Å².